The van der Waals surface area contributed by atoms with Crippen LogP contribution in [0.15, 0.2) is 138 Å². The van der Waals surface area contributed by atoms with Gasteiger partial charge in [0.1, 0.15) is 70.5 Å². The minimum Gasteiger partial charge on any atom is -0.488 e. The summed E-state index contributed by atoms with van der Waals surface area (Å²) in [6, 6.07) is 27.4. The maximum Gasteiger partial charge on any atom is 0.326 e. The van der Waals surface area contributed by atoms with Gasteiger partial charge in [-0.3, -0.25) is 38.6 Å². The van der Waals surface area contributed by atoms with Gasteiger partial charge in [0.05, 0.1) is 23.5 Å². The second kappa shape index (κ2) is 38.1. The number of aromatic nitrogens is 2. The second-order valence-corrected chi connectivity index (χ2v) is 35.9. The van der Waals surface area contributed by atoms with Crippen molar-refractivity contribution in [1.29, 1.82) is 0 Å². The summed E-state index contributed by atoms with van der Waals surface area (Å²) < 4.78 is 44.5. The highest BCUT2D eigenvalue weighted by atomic mass is 32.2. The standard InChI is InChI=1S/C84H115N13O13S2/c1-51(2)44-66(79(105)106)92-76(102)68-35-27-43-97(68)78(104)65(46-60-48-96(50-88-60)84(57-28-20-17-21-29-57,58-30-22-18-23-31-58)59-32-24-19-25-33-59)91-75(101)67(49-111-82(11,12)13)93-74(100)64(45-56-36-38-61(39-37-56)109-81(8,9)10)90-77(103)70(52(3)4)94-73(99)63(89-69(98)47-86-16)34-26-42-87-80(85)95-112(107,108)72-54(6)53(5)71-62(55(72)7)40-41-83(14,15)110-71/h17-25,28-33,36-39,48,50-52,63-68,70,86H,26-27,34-35,40-47,49H2,1-16H3,(H,89,98)(H,90,103)(H,91,101)(H,92,102)(H,93,100)(H,94,99)(H,105,106)(H3,85,87,95)/t63-,64-,65-,66-,67-,68-,70-/m0/s1. The molecule has 1 saturated heterocycles. The molecule has 5 aromatic carbocycles. The molecule has 112 heavy (non-hydrogen) atoms. The fourth-order valence-electron chi connectivity index (χ4n) is 14.3. The Bertz CT molecular complexity index is 4330. The number of likely N-dealkylation sites (tertiary alicyclic amines) is 1. The van der Waals surface area contributed by atoms with Crippen molar-refractivity contribution in [3.63, 3.8) is 0 Å². The molecule has 11 N–H and O–H groups in total. The maximum absolute atomic E-state index is 15.7. The molecule has 28 heteroatoms. The fraction of sp³-hybridized carbons (Fsp3) is 0.500. The summed E-state index contributed by atoms with van der Waals surface area (Å²) in [4.78, 5) is 127. The van der Waals surface area contributed by atoms with Crippen LogP contribution < -0.4 is 57.1 Å². The minimum atomic E-state index is -4.25. The average Bonchev–Trinajstić information content (AvgIpc) is 1.17. The summed E-state index contributed by atoms with van der Waals surface area (Å²) in [5.74, 6) is -6.16. The van der Waals surface area contributed by atoms with Crippen LogP contribution >= 0.6 is 11.8 Å². The number of carbonyl (C=O) groups excluding carboxylic acids is 7. The maximum atomic E-state index is 15.7. The number of nitrogens with one attached hydrogen (secondary N) is 8. The van der Waals surface area contributed by atoms with Crippen molar-refractivity contribution in [2.45, 2.75) is 230 Å². The van der Waals surface area contributed by atoms with Gasteiger partial charge in [-0.05, 0) is 176 Å². The Labute approximate surface area is 664 Å². The van der Waals surface area contributed by atoms with Gasteiger partial charge in [-0.25, -0.2) is 22.9 Å². The number of guanidine groups is 1. The van der Waals surface area contributed by atoms with Crippen molar-refractivity contribution in [2.24, 2.45) is 22.6 Å². The number of hydrogen-bond donors (Lipinski definition) is 10. The Morgan fingerprint density at radius 2 is 1.29 bits per heavy atom. The number of benzene rings is 5. The summed E-state index contributed by atoms with van der Waals surface area (Å²) in [6.45, 7) is 27.7. The number of nitrogens with zero attached hydrogens (tertiary/aromatic N) is 4. The lowest BCUT2D eigenvalue weighted by Crippen LogP contribution is -2.61. The van der Waals surface area contributed by atoms with Crippen LogP contribution in [-0.4, -0.2) is 172 Å². The van der Waals surface area contributed by atoms with Gasteiger partial charge in [-0.1, -0.05) is 152 Å². The van der Waals surface area contributed by atoms with Crippen LogP contribution in [0.25, 0.3) is 0 Å². The first-order valence-electron chi connectivity index (χ1n) is 38.5. The Morgan fingerprint density at radius 3 is 1.84 bits per heavy atom. The van der Waals surface area contributed by atoms with Crippen LogP contribution in [0.5, 0.6) is 11.5 Å². The first kappa shape index (κ1) is 87.8. The van der Waals surface area contributed by atoms with E-state index in [-0.39, 0.29) is 74.7 Å². The molecule has 0 radical (unpaired) electrons. The van der Waals surface area contributed by atoms with Crippen molar-refractivity contribution < 1.29 is 61.4 Å². The molecule has 0 unspecified atom stereocenters. The van der Waals surface area contributed by atoms with Crippen molar-refractivity contribution in [3.05, 3.63) is 178 Å². The smallest absolute Gasteiger partial charge is 0.326 e. The lowest BCUT2D eigenvalue weighted by Gasteiger charge is -2.37. The van der Waals surface area contributed by atoms with Crippen LogP contribution in [-0.2, 0) is 73.2 Å². The van der Waals surface area contributed by atoms with E-state index in [9.17, 15) is 32.7 Å². The highest BCUT2D eigenvalue weighted by Crippen LogP contribution is 2.43. The number of carboxylic acid groups (broad SMARTS) is 1. The predicted molar refractivity (Wildman–Crippen MR) is 435 cm³/mol. The molecule has 0 spiro atoms. The van der Waals surface area contributed by atoms with Crippen LogP contribution in [0, 0.1) is 32.6 Å². The molecule has 0 aliphatic carbocycles. The van der Waals surface area contributed by atoms with Gasteiger partial charge >= 0.3 is 5.97 Å². The summed E-state index contributed by atoms with van der Waals surface area (Å²) in [6.07, 6.45) is 5.24. The van der Waals surface area contributed by atoms with Gasteiger partial charge in [0.25, 0.3) is 10.0 Å². The van der Waals surface area contributed by atoms with Crippen molar-refractivity contribution in [1.82, 2.24) is 56.4 Å². The average molecular weight is 1580 g/mol. The highest BCUT2D eigenvalue weighted by Gasteiger charge is 2.44. The number of rotatable bonds is 35. The highest BCUT2D eigenvalue weighted by molar-refractivity contribution is 8.00. The van der Waals surface area contributed by atoms with Crippen LogP contribution in [0.2, 0.25) is 0 Å². The van der Waals surface area contributed by atoms with E-state index in [1.54, 1.807) is 65.3 Å². The zero-order chi connectivity index (χ0) is 82.2. The summed E-state index contributed by atoms with van der Waals surface area (Å²) in [5, 5.41) is 30.1. The molecule has 1 aromatic heterocycles. The topological polar surface area (TPSA) is 365 Å². The number of hydrogen-bond acceptors (Lipinski definition) is 16. The number of likely N-dealkylation sites (N-methyl/N-ethyl adjacent to an activating group) is 1. The zero-order valence-corrected chi connectivity index (χ0v) is 69.2. The molecule has 26 nitrogen and oxygen atoms in total. The number of carbonyl (C=O) groups is 8. The van der Waals surface area contributed by atoms with Crippen LogP contribution in [0.1, 0.15) is 172 Å². The monoisotopic (exact) mass is 1580 g/mol. The third-order valence-electron chi connectivity index (χ3n) is 19.9. The number of thioether (sulfide) groups is 1. The van der Waals surface area contributed by atoms with Gasteiger partial charge < -0.3 is 67.0 Å². The normalized spacial score (nSPS) is 16.1. The van der Waals surface area contributed by atoms with Gasteiger partial charge in [0, 0.05) is 42.6 Å². The fourth-order valence-corrected chi connectivity index (χ4v) is 16.7. The molecule has 2 aliphatic heterocycles. The quantitative estimate of drug-likeness (QED) is 0.00775. The minimum absolute atomic E-state index is 0.0431. The number of sulfonamides is 1. The van der Waals surface area contributed by atoms with E-state index in [4.69, 9.17) is 20.2 Å². The molecular formula is C84H115N13O13S2. The van der Waals surface area contributed by atoms with Crippen molar-refractivity contribution >= 4 is 75.1 Å². The summed E-state index contributed by atoms with van der Waals surface area (Å²) >= 11 is 1.35. The molecule has 6 aromatic rings. The Hall–Kier alpha value is -9.80. The van der Waals surface area contributed by atoms with Gasteiger partial charge in [-0.2, -0.15) is 11.8 Å². The zero-order valence-electron chi connectivity index (χ0n) is 67.5. The molecule has 2 aliphatic rings. The molecule has 7 atom stereocenters. The van der Waals surface area contributed by atoms with Crippen molar-refractivity contribution in [3.8, 4) is 11.5 Å². The summed E-state index contributed by atoms with van der Waals surface area (Å²) in [7, 11) is -2.69. The van der Waals surface area contributed by atoms with E-state index >= 15 is 19.2 Å². The largest absolute Gasteiger partial charge is 0.488 e. The molecule has 0 bridgehead atoms. The first-order valence-corrected chi connectivity index (χ1v) is 40.9. The number of fused-ring (bicyclic) bond motifs is 1. The van der Waals surface area contributed by atoms with E-state index in [1.807, 2.05) is 178 Å². The Kier molecular flexibility index (Phi) is 29.9. The van der Waals surface area contributed by atoms with Crippen molar-refractivity contribution in [2.75, 3.05) is 32.4 Å². The third kappa shape index (κ3) is 23.2. The number of nitrogens with two attached hydrogens (primary N) is 1. The number of aliphatic imine (C=N–C) groups is 1. The number of aliphatic carboxylic acids is 1. The molecule has 7 amide bonds. The molecule has 0 saturated carbocycles. The molecule has 3 heterocycles. The molecule has 8 rings (SSSR count). The number of carboxylic acids is 1. The van der Waals surface area contributed by atoms with Gasteiger partial charge in [0.15, 0.2) is 0 Å². The number of amides is 7. The first-order chi connectivity index (χ1) is 52.7. The predicted octanol–water partition coefficient (Wildman–Crippen LogP) is 8.23. The number of ether oxygens (including phenoxy) is 2. The van der Waals surface area contributed by atoms with Crippen LogP contribution in [0.4, 0.5) is 0 Å². The lowest BCUT2D eigenvalue weighted by molar-refractivity contribution is -0.145. The van der Waals surface area contributed by atoms with E-state index < -0.39 is 133 Å². The second-order valence-electron chi connectivity index (χ2n) is 32.4. The van der Waals surface area contributed by atoms with E-state index in [0.717, 1.165) is 22.3 Å². The Morgan fingerprint density at radius 1 is 0.714 bits per heavy atom. The van der Waals surface area contributed by atoms with E-state index in [1.165, 1.54) is 16.7 Å². The van der Waals surface area contributed by atoms with Gasteiger partial charge in [-0.15, -0.1) is 0 Å². The molecule has 1 fully saturated rings. The number of imidazole rings is 1. The van der Waals surface area contributed by atoms with E-state index in [2.05, 4.69) is 46.9 Å². The van der Waals surface area contributed by atoms with Gasteiger partial charge in [0.2, 0.25) is 47.3 Å². The third-order valence-corrected chi connectivity index (χ3v) is 22.9. The lowest BCUT2D eigenvalue weighted by atomic mass is 9.77. The Balaban J connectivity index is 1.09. The molecular weight excluding hydrogens is 1460 g/mol. The SMILES string of the molecule is CNCC(=O)N[C@@H](CCCN=C(N)NS(=O)(=O)c1c(C)c(C)c2c(c1C)CCC(C)(C)O2)C(=O)N[C@H](C(=O)N[C@@H](Cc1ccc(OC(C)(C)C)cc1)C(=O)N[C@@H](CSC(C)(C)C)C(=O)N[C@@H](Cc1cn(C(c2ccccc2)(c2ccccc2)c2ccccc2)cn1)C(=O)N1CCC[C@H]1C(=O)N[C@@H](CC(C)C)C(=O)O)C(C)C. The van der Waals surface area contributed by atoms with E-state index in [0.29, 0.717) is 58.7 Å². The summed E-state index contributed by atoms with van der Waals surface area (Å²) in [5.41, 5.74) is 10.5. The molecule has 606 valence electrons. The van der Waals surface area contributed by atoms with Crippen LogP contribution in [0.3, 0.4) is 0 Å².